The summed E-state index contributed by atoms with van der Waals surface area (Å²) in [6.07, 6.45) is 3.46. The van der Waals surface area contributed by atoms with Crippen molar-refractivity contribution in [2.24, 2.45) is 0 Å². The molecule has 0 unspecified atom stereocenters. The molecule has 1 aromatic carbocycles. The molecular weight excluding hydrogens is 312 g/mol. The molecule has 2 aromatic heterocycles. The Morgan fingerprint density at radius 1 is 1.00 bits per heavy atom. The number of carbonyl (C=O) groups is 1. The summed E-state index contributed by atoms with van der Waals surface area (Å²) in [5.74, 6) is 0.358. The van der Waals surface area contributed by atoms with Gasteiger partial charge in [-0.15, -0.1) is 0 Å². The van der Waals surface area contributed by atoms with Crippen LogP contribution >= 0.6 is 0 Å². The van der Waals surface area contributed by atoms with Crippen LogP contribution in [0.3, 0.4) is 0 Å². The van der Waals surface area contributed by atoms with E-state index in [9.17, 15) is 4.79 Å². The molecule has 0 radical (unpaired) electrons. The lowest BCUT2D eigenvalue weighted by atomic mass is 10.1. The zero-order chi connectivity index (χ0) is 17.6. The molecule has 2 N–H and O–H groups in total. The van der Waals surface area contributed by atoms with Crippen molar-refractivity contribution in [3.63, 3.8) is 0 Å². The van der Waals surface area contributed by atoms with Gasteiger partial charge < -0.3 is 10.6 Å². The second-order valence-corrected chi connectivity index (χ2v) is 5.86. The smallest absolute Gasteiger partial charge is 0.256 e. The number of hydrogen-bond acceptors (Lipinski definition) is 4. The van der Waals surface area contributed by atoms with Gasteiger partial charge in [-0.2, -0.15) is 0 Å². The van der Waals surface area contributed by atoms with Crippen LogP contribution in [0.25, 0.3) is 0 Å². The number of amides is 1. The molecule has 0 aliphatic rings. The van der Waals surface area contributed by atoms with E-state index >= 15 is 0 Å². The van der Waals surface area contributed by atoms with Gasteiger partial charge in [0.2, 0.25) is 0 Å². The Kier molecular flexibility index (Phi) is 5.04. The highest BCUT2D eigenvalue weighted by molar-refractivity contribution is 6.03. The first-order valence-electron chi connectivity index (χ1n) is 8.10. The van der Waals surface area contributed by atoms with Gasteiger partial charge in [0.1, 0.15) is 5.82 Å². The summed E-state index contributed by atoms with van der Waals surface area (Å²) in [7, 11) is 0. The van der Waals surface area contributed by atoms with Crippen molar-refractivity contribution < 1.29 is 4.79 Å². The highest BCUT2D eigenvalue weighted by Gasteiger charge is 2.08. The number of rotatable bonds is 5. The second kappa shape index (κ2) is 7.57. The minimum atomic E-state index is -0.162. The van der Waals surface area contributed by atoms with Gasteiger partial charge in [0, 0.05) is 11.8 Å². The van der Waals surface area contributed by atoms with Gasteiger partial charge in [0.05, 0.1) is 24.1 Å². The molecule has 2 heterocycles. The number of nitrogens with one attached hydrogen (secondary N) is 2. The molecule has 3 aromatic rings. The lowest BCUT2D eigenvalue weighted by molar-refractivity contribution is 0.102. The number of aryl methyl sites for hydroxylation is 2. The summed E-state index contributed by atoms with van der Waals surface area (Å²) in [6, 6.07) is 15.1. The topological polar surface area (TPSA) is 66.9 Å². The normalized spacial score (nSPS) is 10.3. The summed E-state index contributed by atoms with van der Waals surface area (Å²) >= 11 is 0. The molecule has 5 nitrogen and oxygen atoms in total. The van der Waals surface area contributed by atoms with Crippen LogP contribution in [0.1, 0.15) is 27.2 Å². The fourth-order valence-electron chi connectivity index (χ4n) is 2.34. The average Bonchev–Trinajstić information content (AvgIpc) is 2.64. The Morgan fingerprint density at radius 3 is 2.56 bits per heavy atom. The Bertz CT molecular complexity index is 861. The molecule has 0 saturated heterocycles. The number of hydrogen-bond donors (Lipinski definition) is 2. The number of anilines is 2. The van der Waals surface area contributed by atoms with Crippen molar-refractivity contribution in [1.29, 1.82) is 0 Å². The summed E-state index contributed by atoms with van der Waals surface area (Å²) in [5, 5.41) is 6.06. The highest BCUT2D eigenvalue weighted by Crippen LogP contribution is 2.14. The first kappa shape index (κ1) is 16.6. The number of nitrogens with zero attached hydrogens (tertiary/aromatic N) is 2. The summed E-state index contributed by atoms with van der Waals surface area (Å²) in [6.45, 7) is 4.64. The number of carbonyl (C=O) groups excluding carboxylic acids is 1. The van der Waals surface area contributed by atoms with Gasteiger partial charge in [-0.25, -0.2) is 4.98 Å². The van der Waals surface area contributed by atoms with Crippen molar-refractivity contribution in [2.45, 2.75) is 20.4 Å². The zero-order valence-electron chi connectivity index (χ0n) is 14.3. The fraction of sp³-hybridized carbons (Fsp3) is 0.150. The van der Waals surface area contributed by atoms with Crippen molar-refractivity contribution >= 4 is 17.4 Å². The van der Waals surface area contributed by atoms with Crippen molar-refractivity contribution in [3.05, 3.63) is 83.3 Å². The third-order valence-corrected chi connectivity index (χ3v) is 3.97. The van der Waals surface area contributed by atoms with Crippen LogP contribution < -0.4 is 10.6 Å². The van der Waals surface area contributed by atoms with Crippen LogP contribution in [0, 0.1) is 13.8 Å². The monoisotopic (exact) mass is 332 g/mol. The van der Waals surface area contributed by atoms with E-state index in [0.717, 1.165) is 22.5 Å². The van der Waals surface area contributed by atoms with Crippen LogP contribution in [-0.2, 0) is 6.54 Å². The van der Waals surface area contributed by atoms with E-state index < -0.39 is 0 Å². The quantitative estimate of drug-likeness (QED) is 0.742. The van der Waals surface area contributed by atoms with Crippen LogP contribution in [-0.4, -0.2) is 15.9 Å². The van der Waals surface area contributed by atoms with E-state index in [-0.39, 0.29) is 5.91 Å². The van der Waals surface area contributed by atoms with Crippen LogP contribution in [0.2, 0.25) is 0 Å². The van der Waals surface area contributed by atoms with Gasteiger partial charge in [-0.3, -0.25) is 9.78 Å². The van der Waals surface area contributed by atoms with E-state index in [2.05, 4.69) is 20.6 Å². The molecule has 0 spiro atoms. The molecule has 0 atom stereocenters. The standard InChI is InChI=1S/C20H20N4O/c1-14-6-7-16(11-15(14)2)20(25)24-19-9-8-18(13-23-19)22-12-17-5-3-4-10-21-17/h3-11,13,22H,12H2,1-2H3,(H,23,24,25). The largest absolute Gasteiger partial charge is 0.378 e. The number of benzene rings is 1. The van der Waals surface area contributed by atoms with E-state index in [1.807, 2.05) is 56.3 Å². The lowest BCUT2D eigenvalue weighted by Crippen LogP contribution is -2.13. The maximum atomic E-state index is 12.3. The van der Waals surface area contributed by atoms with Gasteiger partial charge in [-0.05, 0) is 61.4 Å². The summed E-state index contributed by atoms with van der Waals surface area (Å²) in [4.78, 5) is 20.8. The van der Waals surface area contributed by atoms with E-state index in [4.69, 9.17) is 0 Å². The molecule has 126 valence electrons. The zero-order valence-corrected chi connectivity index (χ0v) is 14.3. The summed E-state index contributed by atoms with van der Waals surface area (Å²) in [5.41, 5.74) is 4.71. The molecule has 0 fully saturated rings. The maximum absolute atomic E-state index is 12.3. The third-order valence-electron chi connectivity index (χ3n) is 3.97. The molecule has 0 aliphatic heterocycles. The maximum Gasteiger partial charge on any atom is 0.256 e. The van der Waals surface area contributed by atoms with E-state index in [1.165, 1.54) is 0 Å². The van der Waals surface area contributed by atoms with Crippen LogP contribution in [0.5, 0.6) is 0 Å². The molecule has 25 heavy (non-hydrogen) atoms. The third kappa shape index (κ3) is 4.41. The molecule has 0 aliphatic carbocycles. The van der Waals surface area contributed by atoms with Gasteiger partial charge in [-0.1, -0.05) is 12.1 Å². The molecule has 0 bridgehead atoms. The van der Waals surface area contributed by atoms with Gasteiger partial charge in [0.15, 0.2) is 0 Å². The molecule has 1 amide bonds. The minimum Gasteiger partial charge on any atom is -0.378 e. The highest BCUT2D eigenvalue weighted by atomic mass is 16.1. The first-order valence-corrected chi connectivity index (χ1v) is 8.10. The van der Waals surface area contributed by atoms with Crippen molar-refractivity contribution in [1.82, 2.24) is 9.97 Å². The molecule has 5 heteroatoms. The number of aromatic nitrogens is 2. The first-order chi connectivity index (χ1) is 12.1. The van der Waals surface area contributed by atoms with Crippen LogP contribution in [0.4, 0.5) is 11.5 Å². The molecular formula is C20H20N4O. The number of pyridine rings is 2. The SMILES string of the molecule is Cc1ccc(C(=O)Nc2ccc(NCc3ccccn3)cn2)cc1C. The fourth-order valence-corrected chi connectivity index (χ4v) is 2.34. The second-order valence-electron chi connectivity index (χ2n) is 5.86. The van der Waals surface area contributed by atoms with E-state index in [0.29, 0.717) is 17.9 Å². The van der Waals surface area contributed by atoms with Gasteiger partial charge in [0.25, 0.3) is 5.91 Å². The summed E-state index contributed by atoms with van der Waals surface area (Å²) < 4.78 is 0. The predicted molar refractivity (Wildman–Crippen MR) is 99.7 cm³/mol. The van der Waals surface area contributed by atoms with Crippen molar-refractivity contribution in [2.75, 3.05) is 10.6 Å². The molecule has 3 rings (SSSR count). The Labute approximate surface area is 147 Å². The predicted octanol–water partition coefficient (Wildman–Crippen LogP) is 3.96. The Morgan fingerprint density at radius 2 is 1.88 bits per heavy atom. The Hall–Kier alpha value is -3.21. The van der Waals surface area contributed by atoms with E-state index in [1.54, 1.807) is 18.5 Å². The van der Waals surface area contributed by atoms with Crippen LogP contribution in [0.15, 0.2) is 60.9 Å². The molecule has 0 saturated carbocycles. The van der Waals surface area contributed by atoms with Crippen molar-refractivity contribution in [3.8, 4) is 0 Å². The minimum absolute atomic E-state index is 0.162. The Balaban J connectivity index is 1.60. The average molecular weight is 332 g/mol. The lowest BCUT2D eigenvalue weighted by Gasteiger charge is -2.08. The van der Waals surface area contributed by atoms with Gasteiger partial charge >= 0.3 is 0 Å².